The second-order valence-electron chi connectivity index (χ2n) is 7.28. The highest BCUT2D eigenvalue weighted by atomic mass is 16.5. The van der Waals surface area contributed by atoms with Gasteiger partial charge in [-0.2, -0.15) is 0 Å². The standard InChI is InChI=1S/C23H29N3O3/c1-3-18-6-10-21(11-7-18)29-17(2)22(27)25-12-14-26(15-13-25)23(28)20-8-4-19(16-24)5-9-20/h4-11,17H,3,12-16,24H2,1-2H3. The summed E-state index contributed by atoms with van der Waals surface area (Å²) in [5.41, 5.74) is 8.48. The molecular formula is C23H29N3O3. The molecule has 2 N–H and O–H groups in total. The summed E-state index contributed by atoms with van der Waals surface area (Å²) in [4.78, 5) is 29.0. The lowest BCUT2D eigenvalue weighted by Crippen LogP contribution is -2.53. The third kappa shape index (κ3) is 5.15. The molecule has 1 unspecified atom stereocenters. The van der Waals surface area contributed by atoms with Crippen LogP contribution < -0.4 is 10.5 Å². The fourth-order valence-electron chi connectivity index (χ4n) is 3.41. The van der Waals surface area contributed by atoms with Crippen LogP contribution in [0.15, 0.2) is 48.5 Å². The Labute approximate surface area is 172 Å². The van der Waals surface area contributed by atoms with Gasteiger partial charge in [-0.3, -0.25) is 9.59 Å². The maximum Gasteiger partial charge on any atom is 0.263 e. The third-order valence-corrected chi connectivity index (χ3v) is 5.31. The molecule has 2 aromatic carbocycles. The molecule has 3 rings (SSSR count). The molecule has 0 saturated carbocycles. The first-order valence-corrected chi connectivity index (χ1v) is 10.1. The van der Waals surface area contributed by atoms with E-state index in [2.05, 4.69) is 6.92 Å². The van der Waals surface area contributed by atoms with E-state index in [0.717, 1.165) is 12.0 Å². The fourth-order valence-corrected chi connectivity index (χ4v) is 3.41. The zero-order chi connectivity index (χ0) is 20.8. The smallest absolute Gasteiger partial charge is 0.263 e. The Hall–Kier alpha value is -2.86. The van der Waals surface area contributed by atoms with Crippen molar-refractivity contribution < 1.29 is 14.3 Å². The molecule has 1 saturated heterocycles. The zero-order valence-corrected chi connectivity index (χ0v) is 17.1. The van der Waals surface area contributed by atoms with Gasteiger partial charge in [-0.05, 0) is 48.7 Å². The van der Waals surface area contributed by atoms with Crippen LogP contribution in [0.2, 0.25) is 0 Å². The Morgan fingerprint density at radius 3 is 2.03 bits per heavy atom. The summed E-state index contributed by atoms with van der Waals surface area (Å²) in [7, 11) is 0. The number of ether oxygens (including phenoxy) is 1. The quantitative estimate of drug-likeness (QED) is 0.815. The van der Waals surface area contributed by atoms with E-state index in [9.17, 15) is 9.59 Å². The highest BCUT2D eigenvalue weighted by Crippen LogP contribution is 2.16. The van der Waals surface area contributed by atoms with Crippen molar-refractivity contribution in [1.29, 1.82) is 0 Å². The largest absolute Gasteiger partial charge is 0.481 e. The summed E-state index contributed by atoms with van der Waals surface area (Å²) in [5, 5.41) is 0. The van der Waals surface area contributed by atoms with Crippen LogP contribution in [-0.4, -0.2) is 53.9 Å². The number of hydrogen-bond acceptors (Lipinski definition) is 4. The summed E-state index contributed by atoms with van der Waals surface area (Å²) >= 11 is 0. The highest BCUT2D eigenvalue weighted by molar-refractivity contribution is 5.94. The van der Waals surface area contributed by atoms with Gasteiger partial charge in [0, 0.05) is 38.3 Å². The number of nitrogens with zero attached hydrogens (tertiary/aromatic N) is 2. The number of benzene rings is 2. The number of hydrogen-bond donors (Lipinski definition) is 1. The monoisotopic (exact) mass is 395 g/mol. The van der Waals surface area contributed by atoms with Crippen LogP contribution in [0.4, 0.5) is 0 Å². The molecule has 2 aromatic rings. The Balaban J connectivity index is 1.52. The summed E-state index contributed by atoms with van der Waals surface area (Å²) in [6.45, 7) is 6.37. The van der Waals surface area contributed by atoms with E-state index in [1.54, 1.807) is 16.7 Å². The molecule has 0 radical (unpaired) electrons. The van der Waals surface area contributed by atoms with Crippen molar-refractivity contribution in [2.75, 3.05) is 26.2 Å². The predicted molar refractivity (Wildman–Crippen MR) is 113 cm³/mol. The second-order valence-corrected chi connectivity index (χ2v) is 7.28. The molecule has 2 amide bonds. The van der Waals surface area contributed by atoms with Gasteiger partial charge in [-0.25, -0.2) is 0 Å². The number of rotatable bonds is 6. The van der Waals surface area contributed by atoms with Crippen LogP contribution in [0.5, 0.6) is 5.75 Å². The molecule has 6 nitrogen and oxygen atoms in total. The van der Waals surface area contributed by atoms with Gasteiger partial charge in [0.1, 0.15) is 5.75 Å². The molecule has 29 heavy (non-hydrogen) atoms. The van der Waals surface area contributed by atoms with E-state index in [0.29, 0.717) is 44.0 Å². The Morgan fingerprint density at radius 2 is 1.48 bits per heavy atom. The molecule has 1 aliphatic rings. The topological polar surface area (TPSA) is 75.9 Å². The van der Waals surface area contributed by atoms with Crippen molar-refractivity contribution in [2.45, 2.75) is 32.9 Å². The van der Waals surface area contributed by atoms with Gasteiger partial charge in [0.25, 0.3) is 11.8 Å². The molecule has 0 bridgehead atoms. The molecule has 1 fully saturated rings. The first-order valence-electron chi connectivity index (χ1n) is 10.1. The highest BCUT2D eigenvalue weighted by Gasteiger charge is 2.28. The maximum absolute atomic E-state index is 12.7. The third-order valence-electron chi connectivity index (χ3n) is 5.31. The molecule has 0 aromatic heterocycles. The normalized spacial score (nSPS) is 15.1. The van der Waals surface area contributed by atoms with Gasteiger partial charge < -0.3 is 20.3 Å². The fraction of sp³-hybridized carbons (Fsp3) is 0.391. The van der Waals surface area contributed by atoms with Gasteiger partial charge in [0.05, 0.1) is 0 Å². The number of piperazine rings is 1. The molecule has 1 atom stereocenters. The van der Waals surface area contributed by atoms with Crippen LogP contribution in [-0.2, 0) is 17.8 Å². The average Bonchev–Trinajstić information content (AvgIpc) is 2.78. The Morgan fingerprint density at radius 1 is 0.931 bits per heavy atom. The summed E-state index contributed by atoms with van der Waals surface area (Å²) in [5.74, 6) is 0.628. The second kappa shape index (κ2) is 9.56. The van der Waals surface area contributed by atoms with Gasteiger partial charge >= 0.3 is 0 Å². The lowest BCUT2D eigenvalue weighted by Gasteiger charge is -2.36. The van der Waals surface area contributed by atoms with E-state index in [1.807, 2.05) is 48.5 Å². The van der Waals surface area contributed by atoms with Crippen LogP contribution in [0.25, 0.3) is 0 Å². The summed E-state index contributed by atoms with van der Waals surface area (Å²) < 4.78 is 5.81. The first kappa shape index (κ1) is 20.9. The SMILES string of the molecule is CCc1ccc(OC(C)C(=O)N2CCN(C(=O)c3ccc(CN)cc3)CC2)cc1. The van der Waals surface area contributed by atoms with E-state index < -0.39 is 6.10 Å². The Bertz CT molecular complexity index is 825. The number of carbonyl (C=O) groups excluding carboxylic acids is 2. The van der Waals surface area contributed by atoms with Crippen LogP contribution in [0.3, 0.4) is 0 Å². The van der Waals surface area contributed by atoms with Gasteiger partial charge in [0.2, 0.25) is 0 Å². The molecule has 0 spiro atoms. The van der Waals surface area contributed by atoms with Gasteiger partial charge in [0.15, 0.2) is 6.10 Å². The molecule has 154 valence electrons. The minimum atomic E-state index is -0.562. The lowest BCUT2D eigenvalue weighted by atomic mass is 10.1. The van der Waals surface area contributed by atoms with Crippen molar-refractivity contribution in [3.63, 3.8) is 0 Å². The Kier molecular flexibility index (Phi) is 6.88. The number of nitrogens with two attached hydrogens (primary N) is 1. The molecule has 1 heterocycles. The van der Waals surface area contributed by atoms with Crippen molar-refractivity contribution in [3.8, 4) is 5.75 Å². The van der Waals surface area contributed by atoms with Crippen molar-refractivity contribution in [1.82, 2.24) is 9.80 Å². The molecular weight excluding hydrogens is 366 g/mol. The minimum Gasteiger partial charge on any atom is -0.481 e. The van der Waals surface area contributed by atoms with Crippen LogP contribution >= 0.6 is 0 Å². The maximum atomic E-state index is 12.7. The van der Waals surface area contributed by atoms with Crippen molar-refractivity contribution in [3.05, 3.63) is 65.2 Å². The molecule has 1 aliphatic heterocycles. The zero-order valence-electron chi connectivity index (χ0n) is 17.1. The molecule has 6 heteroatoms. The average molecular weight is 396 g/mol. The number of aryl methyl sites for hydroxylation is 1. The van der Waals surface area contributed by atoms with Gasteiger partial charge in [-0.15, -0.1) is 0 Å². The van der Waals surface area contributed by atoms with E-state index in [4.69, 9.17) is 10.5 Å². The first-order chi connectivity index (χ1) is 14.0. The predicted octanol–water partition coefficient (Wildman–Crippen LogP) is 2.46. The van der Waals surface area contributed by atoms with E-state index in [1.165, 1.54) is 5.56 Å². The van der Waals surface area contributed by atoms with Gasteiger partial charge in [-0.1, -0.05) is 31.2 Å². The summed E-state index contributed by atoms with van der Waals surface area (Å²) in [6.07, 6.45) is 0.406. The van der Waals surface area contributed by atoms with Crippen LogP contribution in [0.1, 0.15) is 35.3 Å². The van der Waals surface area contributed by atoms with Crippen molar-refractivity contribution in [2.24, 2.45) is 5.73 Å². The van der Waals surface area contributed by atoms with E-state index >= 15 is 0 Å². The number of carbonyl (C=O) groups is 2. The number of amides is 2. The van der Waals surface area contributed by atoms with Crippen molar-refractivity contribution >= 4 is 11.8 Å². The molecule has 0 aliphatic carbocycles. The van der Waals surface area contributed by atoms with E-state index in [-0.39, 0.29) is 11.8 Å². The minimum absolute atomic E-state index is 0.0130. The van der Waals surface area contributed by atoms with Crippen LogP contribution in [0, 0.1) is 0 Å². The summed E-state index contributed by atoms with van der Waals surface area (Å²) in [6, 6.07) is 15.2. The lowest BCUT2D eigenvalue weighted by molar-refractivity contribution is -0.139.